The SMILES string of the molecule is O=C(CCCSc1nc2ccccc2c(=O)[nH]1)Nc1nc2ccccc2[nH]1. The number of aromatic amines is 2. The Morgan fingerprint density at radius 3 is 2.63 bits per heavy atom. The fourth-order valence-electron chi connectivity index (χ4n) is 2.74. The summed E-state index contributed by atoms with van der Waals surface area (Å²) in [6.45, 7) is 0. The number of para-hydroxylation sites is 3. The number of hydrogen-bond donors (Lipinski definition) is 3. The molecule has 0 aliphatic heterocycles. The van der Waals surface area contributed by atoms with Gasteiger partial charge in [0.1, 0.15) is 0 Å². The first-order valence-electron chi connectivity index (χ1n) is 8.55. The Labute approximate surface area is 158 Å². The summed E-state index contributed by atoms with van der Waals surface area (Å²) in [4.78, 5) is 38.7. The molecule has 0 aliphatic carbocycles. The molecule has 3 N–H and O–H groups in total. The van der Waals surface area contributed by atoms with E-state index in [2.05, 4.69) is 25.3 Å². The Morgan fingerprint density at radius 1 is 1.00 bits per heavy atom. The van der Waals surface area contributed by atoms with Crippen molar-refractivity contribution < 1.29 is 4.79 Å². The van der Waals surface area contributed by atoms with E-state index in [0.717, 1.165) is 11.0 Å². The lowest BCUT2D eigenvalue weighted by molar-refractivity contribution is -0.116. The molecule has 1 amide bonds. The van der Waals surface area contributed by atoms with Gasteiger partial charge in [-0.2, -0.15) is 0 Å². The number of aromatic nitrogens is 4. The Morgan fingerprint density at radius 2 is 1.78 bits per heavy atom. The van der Waals surface area contributed by atoms with Crippen LogP contribution in [0.2, 0.25) is 0 Å². The monoisotopic (exact) mass is 379 g/mol. The van der Waals surface area contributed by atoms with Crippen LogP contribution >= 0.6 is 11.8 Å². The summed E-state index contributed by atoms with van der Waals surface area (Å²) < 4.78 is 0. The summed E-state index contributed by atoms with van der Waals surface area (Å²) in [5, 5.41) is 3.92. The predicted molar refractivity (Wildman–Crippen MR) is 107 cm³/mol. The van der Waals surface area contributed by atoms with Gasteiger partial charge in [-0.05, 0) is 30.7 Å². The number of hydrogen-bond acceptors (Lipinski definition) is 5. The second-order valence-electron chi connectivity index (χ2n) is 5.99. The van der Waals surface area contributed by atoms with Crippen molar-refractivity contribution in [3.63, 3.8) is 0 Å². The number of nitrogens with zero attached hydrogens (tertiary/aromatic N) is 2. The van der Waals surface area contributed by atoms with Crippen molar-refractivity contribution in [1.29, 1.82) is 0 Å². The molecule has 136 valence electrons. The third kappa shape index (κ3) is 4.01. The van der Waals surface area contributed by atoms with Crippen LogP contribution in [0.3, 0.4) is 0 Å². The molecule has 4 rings (SSSR count). The molecule has 0 radical (unpaired) electrons. The molecule has 2 aromatic carbocycles. The van der Waals surface area contributed by atoms with Crippen molar-refractivity contribution in [2.75, 3.05) is 11.1 Å². The number of benzene rings is 2. The van der Waals surface area contributed by atoms with E-state index in [1.807, 2.05) is 42.5 Å². The third-order valence-corrected chi connectivity index (χ3v) is 4.98. The Hall–Kier alpha value is -3.13. The second-order valence-corrected chi connectivity index (χ2v) is 7.07. The first-order valence-corrected chi connectivity index (χ1v) is 9.54. The molecule has 0 saturated carbocycles. The van der Waals surface area contributed by atoms with E-state index in [4.69, 9.17) is 0 Å². The van der Waals surface area contributed by atoms with Gasteiger partial charge in [-0.3, -0.25) is 14.9 Å². The van der Waals surface area contributed by atoms with E-state index in [1.165, 1.54) is 11.8 Å². The molecular formula is C19H17N5O2S. The van der Waals surface area contributed by atoms with Gasteiger partial charge in [0.05, 0.1) is 21.9 Å². The van der Waals surface area contributed by atoms with Gasteiger partial charge in [0.2, 0.25) is 11.9 Å². The molecule has 0 atom stereocenters. The van der Waals surface area contributed by atoms with Crippen molar-refractivity contribution in [2.45, 2.75) is 18.0 Å². The quantitative estimate of drug-likeness (QED) is 0.271. The highest BCUT2D eigenvalue weighted by Gasteiger charge is 2.08. The molecule has 8 heteroatoms. The molecule has 0 saturated heterocycles. The number of carbonyl (C=O) groups is 1. The van der Waals surface area contributed by atoms with Crippen LogP contribution in [0.1, 0.15) is 12.8 Å². The summed E-state index contributed by atoms with van der Waals surface area (Å²) in [5.41, 5.74) is 2.22. The summed E-state index contributed by atoms with van der Waals surface area (Å²) in [6.07, 6.45) is 1.02. The minimum atomic E-state index is -0.147. The number of thioether (sulfide) groups is 1. The molecule has 0 bridgehead atoms. The van der Waals surface area contributed by atoms with E-state index in [-0.39, 0.29) is 11.5 Å². The summed E-state index contributed by atoms with van der Waals surface area (Å²) in [6, 6.07) is 14.8. The van der Waals surface area contributed by atoms with Crippen molar-refractivity contribution in [3.05, 3.63) is 58.9 Å². The van der Waals surface area contributed by atoms with Gasteiger partial charge in [0.15, 0.2) is 5.16 Å². The average molecular weight is 379 g/mol. The number of rotatable bonds is 6. The fourth-order valence-corrected chi connectivity index (χ4v) is 3.55. The molecule has 0 fully saturated rings. The minimum absolute atomic E-state index is 0.102. The molecule has 27 heavy (non-hydrogen) atoms. The van der Waals surface area contributed by atoms with Crippen LogP contribution in [0.25, 0.3) is 21.9 Å². The lowest BCUT2D eigenvalue weighted by Gasteiger charge is -2.03. The predicted octanol–water partition coefficient (Wildman–Crippen LogP) is 3.31. The van der Waals surface area contributed by atoms with Crippen LogP contribution in [-0.2, 0) is 4.79 Å². The first kappa shape index (κ1) is 17.3. The van der Waals surface area contributed by atoms with Crippen LogP contribution < -0.4 is 10.9 Å². The molecule has 0 unspecified atom stereocenters. The molecule has 4 aromatic rings. The highest BCUT2D eigenvalue weighted by Crippen LogP contribution is 2.17. The highest BCUT2D eigenvalue weighted by molar-refractivity contribution is 7.99. The van der Waals surface area contributed by atoms with Gasteiger partial charge in [-0.25, -0.2) is 9.97 Å². The summed E-state index contributed by atoms with van der Waals surface area (Å²) in [7, 11) is 0. The van der Waals surface area contributed by atoms with Crippen LogP contribution in [0, 0.1) is 0 Å². The molecular weight excluding hydrogens is 362 g/mol. The van der Waals surface area contributed by atoms with Crippen LogP contribution in [0.5, 0.6) is 0 Å². The molecule has 2 heterocycles. The average Bonchev–Trinajstić information content (AvgIpc) is 3.07. The lowest BCUT2D eigenvalue weighted by atomic mass is 10.2. The fraction of sp³-hybridized carbons (Fsp3) is 0.158. The second kappa shape index (κ2) is 7.63. The summed E-state index contributed by atoms with van der Waals surface area (Å²) >= 11 is 1.43. The molecule has 7 nitrogen and oxygen atoms in total. The van der Waals surface area contributed by atoms with Crippen molar-refractivity contribution in [1.82, 2.24) is 19.9 Å². The molecule has 0 spiro atoms. The van der Waals surface area contributed by atoms with Gasteiger partial charge in [-0.1, -0.05) is 36.0 Å². The number of anilines is 1. The molecule has 0 aliphatic rings. The van der Waals surface area contributed by atoms with Crippen molar-refractivity contribution >= 4 is 45.6 Å². The Kier molecular flexibility index (Phi) is 4.88. The smallest absolute Gasteiger partial charge is 0.259 e. The minimum Gasteiger partial charge on any atom is -0.324 e. The first-order chi connectivity index (χ1) is 13.2. The standard InChI is InChI=1S/C19H17N5O2S/c25-16(23-18-20-14-8-3-4-9-15(14)21-18)10-5-11-27-19-22-13-7-2-1-6-12(13)17(26)24-19/h1-4,6-9H,5,10-11H2,(H,22,24,26)(H2,20,21,23,25). The third-order valence-electron chi connectivity index (χ3n) is 4.03. The zero-order valence-corrected chi connectivity index (χ0v) is 15.2. The number of H-pyrrole nitrogens is 2. The van der Waals surface area contributed by atoms with Crippen LogP contribution in [0.4, 0.5) is 5.95 Å². The number of imidazole rings is 1. The van der Waals surface area contributed by atoms with Crippen molar-refractivity contribution in [2.24, 2.45) is 0 Å². The highest BCUT2D eigenvalue weighted by atomic mass is 32.2. The van der Waals surface area contributed by atoms with Crippen molar-refractivity contribution in [3.8, 4) is 0 Å². The van der Waals surface area contributed by atoms with E-state index in [9.17, 15) is 9.59 Å². The lowest BCUT2D eigenvalue weighted by Crippen LogP contribution is -2.12. The van der Waals surface area contributed by atoms with E-state index >= 15 is 0 Å². The maximum Gasteiger partial charge on any atom is 0.259 e. The number of amides is 1. The van der Waals surface area contributed by atoms with E-state index < -0.39 is 0 Å². The Balaban J connectivity index is 1.29. The van der Waals surface area contributed by atoms with Crippen LogP contribution in [-0.4, -0.2) is 31.6 Å². The van der Waals surface area contributed by atoms with Gasteiger partial charge < -0.3 is 9.97 Å². The number of nitrogens with one attached hydrogen (secondary N) is 3. The molecule has 2 aromatic heterocycles. The zero-order chi connectivity index (χ0) is 18.6. The normalized spacial score (nSPS) is 11.1. The van der Waals surface area contributed by atoms with E-state index in [1.54, 1.807) is 6.07 Å². The maximum atomic E-state index is 12.1. The zero-order valence-electron chi connectivity index (χ0n) is 14.4. The maximum absolute atomic E-state index is 12.1. The van der Waals surface area contributed by atoms with Gasteiger partial charge >= 0.3 is 0 Å². The van der Waals surface area contributed by atoms with Gasteiger partial charge in [-0.15, -0.1) is 0 Å². The number of fused-ring (bicyclic) bond motifs is 2. The van der Waals surface area contributed by atoms with Gasteiger partial charge in [0.25, 0.3) is 5.56 Å². The van der Waals surface area contributed by atoms with Crippen LogP contribution in [0.15, 0.2) is 58.5 Å². The van der Waals surface area contributed by atoms with E-state index in [0.29, 0.717) is 40.6 Å². The Bertz CT molecular complexity index is 1130. The largest absolute Gasteiger partial charge is 0.324 e. The number of carbonyl (C=O) groups excluding carboxylic acids is 1. The summed E-state index contributed by atoms with van der Waals surface area (Å²) in [5.74, 6) is 1.03. The van der Waals surface area contributed by atoms with Gasteiger partial charge in [0, 0.05) is 12.2 Å². The topological polar surface area (TPSA) is 104 Å².